The van der Waals surface area contributed by atoms with Gasteiger partial charge in [-0.1, -0.05) is 12.1 Å². The maximum atomic E-state index is 13.4. The molecule has 102 valence electrons. The molecule has 0 spiro atoms. The number of pyridine rings is 1. The van der Waals surface area contributed by atoms with Crippen molar-refractivity contribution >= 4 is 17.6 Å². The first-order valence-corrected chi connectivity index (χ1v) is 5.78. The molecule has 6 heteroatoms. The molecule has 1 heterocycles. The molecule has 0 saturated carbocycles. The summed E-state index contributed by atoms with van der Waals surface area (Å²) in [6, 6.07) is 7.66. The molecule has 2 N–H and O–H groups in total. The zero-order valence-electron chi connectivity index (χ0n) is 10.3. The Hall–Kier alpha value is -2.76. The quantitative estimate of drug-likeness (QED) is 0.894. The van der Waals surface area contributed by atoms with Crippen LogP contribution in [0.3, 0.4) is 0 Å². The molecular formula is C14H11FN2O3. The number of nitrogens with zero attached hydrogens (tertiary/aromatic N) is 1. The number of carboxylic acid groups (broad SMARTS) is 1. The van der Waals surface area contributed by atoms with Crippen molar-refractivity contribution in [1.29, 1.82) is 0 Å². The summed E-state index contributed by atoms with van der Waals surface area (Å²) in [5.74, 6) is -2.29. The number of amides is 1. The smallest absolute Gasteiger partial charge is 0.307 e. The van der Waals surface area contributed by atoms with Gasteiger partial charge in [-0.05, 0) is 23.8 Å². The number of anilines is 1. The summed E-state index contributed by atoms with van der Waals surface area (Å²) >= 11 is 0. The van der Waals surface area contributed by atoms with E-state index in [1.165, 1.54) is 18.3 Å². The number of nitrogens with one attached hydrogen (secondary N) is 1. The molecule has 0 radical (unpaired) electrons. The second-order valence-corrected chi connectivity index (χ2v) is 4.08. The van der Waals surface area contributed by atoms with Crippen molar-refractivity contribution in [3.05, 3.63) is 59.7 Å². The fourth-order valence-corrected chi connectivity index (χ4v) is 1.69. The van der Waals surface area contributed by atoms with Crippen molar-refractivity contribution in [1.82, 2.24) is 4.98 Å². The van der Waals surface area contributed by atoms with E-state index in [-0.39, 0.29) is 12.0 Å². The van der Waals surface area contributed by atoms with E-state index in [2.05, 4.69) is 10.3 Å². The Morgan fingerprint density at radius 2 is 2.10 bits per heavy atom. The zero-order valence-corrected chi connectivity index (χ0v) is 10.3. The van der Waals surface area contributed by atoms with Crippen molar-refractivity contribution in [2.24, 2.45) is 0 Å². The van der Waals surface area contributed by atoms with Crippen molar-refractivity contribution in [2.45, 2.75) is 6.42 Å². The summed E-state index contributed by atoms with van der Waals surface area (Å²) in [6.07, 6.45) is 2.13. The standard InChI is InChI=1S/C14H11FN2O3/c15-12-8-16-5-4-11(12)14(20)17-10-3-1-2-9(6-10)7-13(18)19/h1-6,8H,7H2,(H,17,20)(H,18,19). The number of benzene rings is 1. The van der Waals surface area contributed by atoms with Gasteiger partial charge in [-0.2, -0.15) is 0 Å². The first-order valence-electron chi connectivity index (χ1n) is 5.78. The normalized spacial score (nSPS) is 10.1. The number of carbonyl (C=O) groups excluding carboxylic acids is 1. The summed E-state index contributed by atoms with van der Waals surface area (Å²) in [4.78, 5) is 26.1. The highest BCUT2D eigenvalue weighted by atomic mass is 19.1. The minimum absolute atomic E-state index is 0.122. The summed E-state index contributed by atoms with van der Waals surface area (Å²) in [6.45, 7) is 0. The number of aromatic nitrogens is 1. The highest BCUT2D eigenvalue weighted by Crippen LogP contribution is 2.14. The van der Waals surface area contributed by atoms with Crippen LogP contribution in [-0.2, 0) is 11.2 Å². The molecule has 0 aliphatic carbocycles. The Morgan fingerprint density at radius 1 is 1.30 bits per heavy atom. The summed E-state index contributed by atoms with van der Waals surface area (Å²) < 4.78 is 13.4. The van der Waals surface area contributed by atoms with Gasteiger partial charge >= 0.3 is 5.97 Å². The number of halogens is 1. The van der Waals surface area contributed by atoms with Crippen LogP contribution in [0.4, 0.5) is 10.1 Å². The van der Waals surface area contributed by atoms with Gasteiger partial charge in [-0.15, -0.1) is 0 Å². The van der Waals surface area contributed by atoms with Crippen LogP contribution in [0, 0.1) is 5.82 Å². The predicted molar refractivity (Wildman–Crippen MR) is 69.9 cm³/mol. The number of hydrogen-bond acceptors (Lipinski definition) is 3. The van der Waals surface area contributed by atoms with Gasteiger partial charge in [-0.25, -0.2) is 4.39 Å². The number of carboxylic acids is 1. The average molecular weight is 274 g/mol. The summed E-state index contributed by atoms with van der Waals surface area (Å²) in [5.41, 5.74) is 0.833. The van der Waals surface area contributed by atoms with E-state index >= 15 is 0 Å². The lowest BCUT2D eigenvalue weighted by Crippen LogP contribution is -2.14. The van der Waals surface area contributed by atoms with E-state index in [4.69, 9.17) is 5.11 Å². The molecule has 2 aromatic rings. The molecular weight excluding hydrogens is 263 g/mol. The first kappa shape index (κ1) is 13.7. The van der Waals surface area contributed by atoms with E-state index in [0.29, 0.717) is 11.3 Å². The SMILES string of the molecule is O=C(O)Cc1cccc(NC(=O)c2ccncc2F)c1. The van der Waals surface area contributed by atoms with Gasteiger partial charge in [0.15, 0.2) is 5.82 Å². The second kappa shape index (κ2) is 5.92. The van der Waals surface area contributed by atoms with Crippen LogP contribution >= 0.6 is 0 Å². The highest BCUT2D eigenvalue weighted by Gasteiger charge is 2.11. The van der Waals surface area contributed by atoms with E-state index < -0.39 is 17.7 Å². The van der Waals surface area contributed by atoms with Crippen LogP contribution in [0.25, 0.3) is 0 Å². The Kier molecular flexibility index (Phi) is 4.05. The fraction of sp³-hybridized carbons (Fsp3) is 0.0714. The van der Waals surface area contributed by atoms with Crippen molar-refractivity contribution in [3.63, 3.8) is 0 Å². The molecule has 0 aliphatic rings. The van der Waals surface area contributed by atoms with E-state index in [1.54, 1.807) is 18.2 Å². The predicted octanol–water partition coefficient (Wildman–Crippen LogP) is 2.10. The van der Waals surface area contributed by atoms with Gasteiger partial charge in [0.1, 0.15) is 0 Å². The van der Waals surface area contributed by atoms with Gasteiger partial charge in [0, 0.05) is 11.9 Å². The highest BCUT2D eigenvalue weighted by molar-refractivity contribution is 6.04. The first-order chi connectivity index (χ1) is 9.56. The average Bonchev–Trinajstić information content (AvgIpc) is 2.38. The Bertz CT molecular complexity index is 658. The Morgan fingerprint density at radius 3 is 2.80 bits per heavy atom. The number of carbonyl (C=O) groups is 2. The van der Waals surface area contributed by atoms with E-state index in [0.717, 1.165) is 6.20 Å². The van der Waals surface area contributed by atoms with Crippen molar-refractivity contribution in [2.75, 3.05) is 5.32 Å². The van der Waals surface area contributed by atoms with Gasteiger partial charge in [0.2, 0.25) is 0 Å². The number of hydrogen-bond donors (Lipinski definition) is 2. The third-order valence-corrected chi connectivity index (χ3v) is 2.56. The lowest BCUT2D eigenvalue weighted by molar-refractivity contribution is -0.136. The molecule has 5 nitrogen and oxygen atoms in total. The lowest BCUT2D eigenvalue weighted by Gasteiger charge is -2.07. The lowest BCUT2D eigenvalue weighted by atomic mass is 10.1. The topological polar surface area (TPSA) is 79.3 Å². The van der Waals surface area contributed by atoms with Gasteiger partial charge < -0.3 is 10.4 Å². The third kappa shape index (κ3) is 3.38. The molecule has 0 bridgehead atoms. The van der Waals surface area contributed by atoms with E-state index in [1.807, 2.05) is 0 Å². The molecule has 0 fully saturated rings. The molecule has 0 unspecified atom stereocenters. The molecule has 2 rings (SSSR count). The van der Waals surface area contributed by atoms with Gasteiger partial charge in [0.25, 0.3) is 5.91 Å². The monoisotopic (exact) mass is 274 g/mol. The molecule has 0 atom stereocenters. The van der Waals surface area contributed by atoms with Crippen molar-refractivity contribution in [3.8, 4) is 0 Å². The van der Waals surface area contributed by atoms with Crippen LogP contribution in [0.15, 0.2) is 42.7 Å². The van der Waals surface area contributed by atoms with Gasteiger partial charge in [-0.3, -0.25) is 14.6 Å². The van der Waals surface area contributed by atoms with Crippen LogP contribution in [0.1, 0.15) is 15.9 Å². The van der Waals surface area contributed by atoms with Crippen LogP contribution in [0.5, 0.6) is 0 Å². The largest absolute Gasteiger partial charge is 0.481 e. The zero-order chi connectivity index (χ0) is 14.5. The van der Waals surface area contributed by atoms with Crippen LogP contribution in [-0.4, -0.2) is 22.0 Å². The molecule has 1 aromatic carbocycles. The summed E-state index contributed by atoms with van der Waals surface area (Å²) in [7, 11) is 0. The third-order valence-electron chi connectivity index (χ3n) is 2.56. The Balaban J connectivity index is 2.16. The molecule has 1 aromatic heterocycles. The second-order valence-electron chi connectivity index (χ2n) is 4.08. The number of rotatable bonds is 4. The van der Waals surface area contributed by atoms with Crippen LogP contribution in [0.2, 0.25) is 0 Å². The molecule has 0 aliphatic heterocycles. The number of aliphatic carboxylic acids is 1. The van der Waals surface area contributed by atoms with Crippen LogP contribution < -0.4 is 5.32 Å². The van der Waals surface area contributed by atoms with Crippen molar-refractivity contribution < 1.29 is 19.1 Å². The molecule has 0 saturated heterocycles. The fourth-order valence-electron chi connectivity index (χ4n) is 1.69. The maximum absolute atomic E-state index is 13.4. The molecule has 1 amide bonds. The van der Waals surface area contributed by atoms with Gasteiger partial charge in [0.05, 0.1) is 18.2 Å². The minimum atomic E-state index is -0.964. The van der Waals surface area contributed by atoms with E-state index in [9.17, 15) is 14.0 Å². The summed E-state index contributed by atoms with van der Waals surface area (Å²) in [5, 5.41) is 11.2. The Labute approximate surface area is 114 Å². The molecule has 20 heavy (non-hydrogen) atoms. The minimum Gasteiger partial charge on any atom is -0.481 e. The maximum Gasteiger partial charge on any atom is 0.307 e.